The molecular weight excluding hydrogens is 526 g/mol. The van der Waals surface area contributed by atoms with Crippen LogP contribution < -0.4 is 20.4 Å². The average molecular weight is 566 g/mol. The Morgan fingerprint density at radius 1 is 0.905 bits per heavy atom. The van der Waals surface area contributed by atoms with Gasteiger partial charge in [0.1, 0.15) is 17.0 Å². The van der Waals surface area contributed by atoms with Crippen LogP contribution in [0.3, 0.4) is 0 Å². The molecule has 218 valence electrons. The minimum absolute atomic E-state index is 0.104. The largest absolute Gasteiger partial charge is 0.494 e. The second-order valence-corrected chi connectivity index (χ2v) is 10.6. The van der Waals surface area contributed by atoms with Crippen LogP contribution in [-0.2, 0) is 11.2 Å². The topological polar surface area (TPSA) is 84.7 Å². The van der Waals surface area contributed by atoms with E-state index in [1.807, 2.05) is 42.5 Å². The molecule has 0 saturated heterocycles. The summed E-state index contributed by atoms with van der Waals surface area (Å²) in [6.45, 7) is 7.27. The molecular formula is C35H39N3O4. The molecule has 0 saturated carbocycles. The first kappa shape index (κ1) is 29.1. The van der Waals surface area contributed by atoms with Gasteiger partial charge in [-0.1, -0.05) is 30.3 Å². The van der Waals surface area contributed by atoms with Gasteiger partial charge in [-0.3, -0.25) is 9.59 Å². The van der Waals surface area contributed by atoms with Crippen LogP contribution in [0.4, 0.5) is 5.69 Å². The Morgan fingerprint density at radius 3 is 2.55 bits per heavy atom. The van der Waals surface area contributed by atoms with Crippen LogP contribution in [-0.4, -0.2) is 37.1 Å². The fourth-order valence-corrected chi connectivity index (χ4v) is 5.32. The van der Waals surface area contributed by atoms with Crippen molar-refractivity contribution in [3.8, 4) is 17.2 Å². The highest BCUT2D eigenvalue weighted by molar-refractivity contribution is 5.97. The molecule has 3 aromatic rings. The maximum absolute atomic E-state index is 12.9. The molecule has 1 aliphatic heterocycles. The zero-order valence-electron chi connectivity index (χ0n) is 24.5. The third kappa shape index (κ3) is 7.08. The van der Waals surface area contributed by atoms with Gasteiger partial charge in [-0.15, -0.1) is 0 Å². The van der Waals surface area contributed by atoms with E-state index < -0.39 is 0 Å². The summed E-state index contributed by atoms with van der Waals surface area (Å²) in [6.07, 6.45) is 5.01. The number of aromatic nitrogens is 1. The van der Waals surface area contributed by atoms with Gasteiger partial charge in [0, 0.05) is 54.6 Å². The highest BCUT2D eigenvalue weighted by Gasteiger charge is 2.17. The molecule has 0 aromatic heterocycles. The zero-order chi connectivity index (χ0) is 29.3. The minimum atomic E-state index is -0.104. The number of hydrogen-bond donors (Lipinski definition) is 1. The van der Waals surface area contributed by atoms with Gasteiger partial charge in [0.15, 0.2) is 16.8 Å². The highest BCUT2D eigenvalue weighted by Crippen LogP contribution is 2.33. The number of hydrogen-bond acceptors (Lipinski definition) is 6. The molecule has 1 amide bonds. The van der Waals surface area contributed by atoms with Crippen molar-refractivity contribution in [1.29, 1.82) is 0 Å². The van der Waals surface area contributed by atoms with Gasteiger partial charge in [0.25, 0.3) is 0 Å². The highest BCUT2D eigenvalue weighted by atomic mass is 16.5. The maximum Gasteiger partial charge on any atom is 0.219 e. The first-order chi connectivity index (χ1) is 20.6. The van der Waals surface area contributed by atoms with Crippen molar-refractivity contribution >= 4 is 33.5 Å². The normalized spacial score (nSPS) is 11.3. The van der Waals surface area contributed by atoms with Crippen LogP contribution in [0, 0.1) is 0 Å². The van der Waals surface area contributed by atoms with Crippen molar-refractivity contribution in [1.82, 2.24) is 10.3 Å². The molecule has 0 atom stereocenters. The first-order valence-electron chi connectivity index (χ1n) is 15.1. The molecule has 1 aliphatic carbocycles. The number of nitrogens with zero attached hydrogens (tertiary/aromatic N) is 2. The number of ether oxygens (including phenoxy) is 1. The Balaban J connectivity index is 1.14. The van der Waals surface area contributed by atoms with Crippen molar-refractivity contribution in [3.63, 3.8) is 0 Å². The van der Waals surface area contributed by atoms with E-state index in [2.05, 4.69) is 42.3 Å². The number of fused-ring (bicyclic) bond motifs is 4. The van der Waals surface area contributed by atoms with Gasteiger partial charge < -0.3 is 19.4 Å². The lowest BCUT2D eigenvalue weighted by Crippen LogP contribution is -2.24. The van der Waals surface area contributed by atoms with Gasteiger partial charge in [0.05, 0.1) is 6.61 Å². The van der Waals surface area contributed by atoms with Crippen molar-refractivity contribution in [2.45, 2.75) is 52.4 Å². The molecule has 7 nitrogen and oxygen atoms in total. The number of carbonyl (C=O) groups excluding carboxylic acids is 1. The summed E-state index contributed by atoms with van der Waals surface area (Å²) >= 11 is 0. The lowest BCUT2D eigenvalue weighted by Gasteiger charge is -2.21. The summed E-state index contributed by atoms with van der Waals surface area (Å²) in [5.74, 6) is 1.25. The van der Waals surface area contributed by atoms with E-state index in [1.165, 1.54) is 11.6 Å². The molecule has 42 heavy (non-hydrogen) atoms. The van der Waals surface area contributed by atoms with Crippen LogP contribution >= 0.6 is 0 Å². The number of nitrogens with one attached hydrogen (secondary N) is 1. The van der Waals surface area contributed by atoms with Gasteiger partial charge in [-0.2, -0.15) is 0 Å². The van der Waals surface area contributed by atoms with Crippen LogP contribution in [0.15, 0.2) is 82.0 Å². The van der Waals surface area contributed by atoms with E-state index in [0.29, 0.717) is 47.7 Å². The van der Waals surface area contributed by atoms with Gasteiger partial charge in [-0.05, 0) is 81.8 Å². The van der Waals surface area contributed by atoms with Crippen LogP contribution in [0.25, 0.3) is 33.3 Å². The number of amides is 1. The number of benzene rings is 4. The van der Waals surface area contributed by atoms with Crippen LogP contribution in [0.1, 0.15) is 51.5 Å². The number of aryl methyl sites for hydroxylation is 1. The van der Waals surface area contributed by atoms with Crippen LogP contribution in [0.2, 0.25) is 0 Å². The van der Waals surface area contributed by atoms with Crippen molar-refractivity contribution in [2.24, 2.45) is 0 Å². The Bertz CT molecular complexity index is 1660. The van der Waals surface area contributed by atoms with Gasteiger partial charge in [0.2, 0.25) is 5.91 Å². The van der Waals surface area contributed by atoms with E-state index >= 15 is 0 Å². The smallest absolute Gasteiger partial charge is 0.219 e. The van der Waals surface area contributed by atoms with E-state index in [9.17, 15) is 9.59 Å². The lowest BCUT2D eigenvalue weighted by atomic mass is 10.0. The van der Waals surface area contributed by atoms with Crippen molar-refractivity contribution in [3.05, 3.63) is 88.6 Å². The van der Waals surface area contributed by atoms with Gasteiger partial charge >= 0.3 is 0 Å². The second kappa shape index (κ2) is 14.0. The number of unbranched alkanes of at least 4 members (excludes halogenated alkanes) is 2. The summed E-state index contributed by atoms with van der Waals surface area (Å²) < 4.78 is 12.2. The maximum atomic E-state index is 12.9. The SMILES string of the molecule is CCN(CC)c1ccc2nc3c4cc(OCCCCCC(=O)NCCCc5ccccc5)ccc4c(=O)cc-3oc2c1. The molecule has 0 spiro atoms. The van der Waals surface area contributed by atoms with Gasteiger partial charge in [-0.25, -0.2) is 4.98 Å². The van der Waals surface area contributed by atoms with E-state index in [0.717, 1.165) is 61.8 Å². The molecule has 1 N–H and O–H groups in total. The number of anilines is 1. The fourth-order valence-electron chi connectivity index (χ4n) is 5.32. The first-order valence-corrected chi connectivity index (χ1v) is 15.1. The Kier molecular flexibility index (Phi) is 9.70. The Morgan fingerprint density at radius 2 is 1.74 bits per heavy atom. The summed E-state index contributed by atoms with van der Waals surface area (Å²) in [7, 11) is 0. The van der Waals surface area contributed by atoms with Crippen molar-refractivity contribution in [2.75, 3.05) is 31.1 Å². The van der Waals surface area contributed by atoms with Crippen molar-refractivity contribution < 1.29 is 13.9 Å². The quantitative estimate of drug-likeness (QED) is 0.0888. The second-order valence-electron chi connectivity index (χ2n) is 10.6. The summed E-state index contributed by atoms with van der Waals surface area (Å²) in [6, 6.07) is 23.3. The van der Waals surface area contributed by atoms with E-state index in [-0.39, 0.29) is 11.3 Å². The monoisotopic (exact) mass is 565 g/mol. The summed E-state index contributed by atoms with van der Waals surface area (Å²) in [4.78, 5) is 32.1. The predicted octanol–water partition coefficient (Wildman–Crippen LogP) is 6.98. The number of rotatable bonds is 14. The molecule has 5 rings (SSSR count). The molecule has 2 aliphatic rings. The lowest BCUT2D eigenvalue weighted by molar-refractivity contribution is -0.121. The van der Waals surface area contributed by atoms with E-state index in [4.69, 9.17) is 14.1 Å². The third-order valence-corrected chi connectivity index (χ3v) is 7.66. The predicted molar refractivity (Wildman–Crippen MR) is 170 cm³/mol. The number of carbonyl (C=O) groups is 1. The summed E-state index contributed by atoms with van der Waals surface area (Å²) in [5, 5.41) is 4.33. The molecule has 0 unspecified atom stereocenters. The molecule has 3 aromatic carbocycles. The van der Waals surface area contributed by atoms with Crippen LogP contribution in [0.5, 0.6) is 5.75 Å². The summed E-state index contributed by atoms with van der Waals surface area (Å²) in [5.41, 5.74) is 4.30. The zero-order valence-corrected chi connectivity index (χ0v) is 24.5. The third-order valence-electron chi connectivity index (χ3n) is 7.66. The molecule has 1 heterocycles. The molecule has 0 bridgehead atoms. The molecule has 0 fully saturated rings. The average Bonchev–Trinajstić information content (AvgIpc) is 3.01. The Labute approximate surface area is 246 Å². The molecule has 0 radical (unpaired) electrons. The standard InChI is InChI=1S/C35H39N3O4/c1-3-38(4-2)26-16-19-30-32(22-26)42-33-24-31(39)28-18-17-27(23-29(28)35(33)37-30)41-21-10-6-9-15-34(40)36-20-11-14-25-12-7-5-8-13-25/h5,7-8,12-13,16-19,22-24H,3-4,6,9-11,14-15,20-21H2,1-2H3,(H,36,40). The molecule has 7 heteroatoms. The minimum Gasteiger partial charge on any atom is -0.494 e. The van der Waals surface area contributed by atoms with E-state index in [1.54, 1.807) is 6.07 Å². The Hall–Kier alpha value is -4.39. The fraction of sp³-hybridized carbons (Fsp3) is 0.343.